The van der Waals surface area contributed by atoms with Gasteiger partial charge in [-0.15, -0.1) is 0 Å². The largest absolute Gasteiger partial charge is 0.497 e. The number of ether oxygens (including phenoxy) is 1. The van der Waals surface area contributed by atoms with E-state index in [1.54, 1.807) is 25.3 Å². The van der Waals surface area contributed by atoms with Gasteiger partial charge in [0.1, 0.15) is 5.75 Å². The van der Waals surface area contributed by atoms with Gasteiger partial charge in [-0.3, -0.25) is 0 Å². The number of fused-ring (bicyclic) bond motifs is 1. The molecule has 0 radical (unpaired) electrons. The van der Waals surface area contributed by atoms with Crippen LogP contribution >= 0.6 is 0 Å². The van der Waals surface area contributed by atoms with Crippen molar-refractivity contribution in [2.24, 2.45) is 0 Å². The van der Waals surface area contributed by atoms with Crippen molar-refractivity contribution in [1.82, 2.24) is 9.71 Å². The Hall–Kier alpha value is -2.31. The van der Waals surface area contributed by atoms with Crippen LogP contribution in [0, 0.1) is 6.92 Å². The zero-order chi connectivity index (χ0) is 18.9. The minimum Gasteiger partial charge on any atom is -0.497 e. The van der Waals surface area contributed by atoms with Crippen molar-refractivity contribution in [1.29, 1.82) is 0 Å². The first-order valence-electron chi connectivity index (χ1n) is 8.45. The number of benzene rings is 2. The third-order valence-electron chi connectivity index (χ3n) is 4.62. The van der Waals surface area contributed by atoms with Crippen molar-refractivity contribution in [3.63, 3.8) is 0 Å². The number of aromatic nitrogens is 1. The molecule has 0 aliphatic rings. The highest BCUT2D eigenvalue weighted by molar-refractivity contribution is 7.89. The van der Waals surface area contributed by atoms with E-state index < -0.39 is 15.4 Å². The normalized spacial score (nSPS) is 12.5. The molecule has 2 aromatic carbocycles. The lowest BCUT2D eigenvalue weighted by Gasteiger charge is -2.25. The van der Waals surface area contributed by atoms with Crippen LogP contribution in [0.4, 0.5) is 0 Å². The van der Waals surface area contributed by atoms with Gasteiger partial charge in [0.2, 0.25) is 10.0 Å². The van der Waals surface area contributed by atoms with Gasteiger partial charge in [-0.2, -0.15) is 0 Å². The van der Waals surface area contributed by atoms with Crippen LogP contribution in [0.15, 0.2) is 53.6 Å². The van der Waals surface area contributed by atoms with E-state index in [9.17, 15) is 8.42 Å². The van der Waals surface area contributed by atoms with Gasteiger partial charge in [0, 0.05) is 29.1 Å². The molecule has 3 rings (SSSR count). The van der Waals surface area contributed by atoms with Crippen molar-refractivity contribution in [3.05, 3.63) is 59.8 Å². The third kappa shape index (κ3) is 3.61. The van der Waals surface area contributed by atoms with E-state index in [4.69, 9.17) is 4.74 Å². The fourth-order valence-corrected chi connectivity index (χ4v) is 4.34. The number of methoxy groups -OCH3 is 1. The lowest BCUT2D eigenvalue weighted by Crippen LogP contribution is -2.36. The smallest absolute Gasteiger partial charge is 0.240 e. The van der Waals surface area contributed by atoms with E-state index >= 15 is 0 Å². The van der Waals surface area contributed by atoms with Crippen LogP contribution in [0.3, 0.4) is 0 Å². The highest BCUT2D eigenvalue weighted by Crippen LogP contribution is 2.32. The van der Waals surface area contributed by atoms with Crippen LogP contribution in [0.1, 0.15) is 25.0 Å². The van der Waals surface area contributed by atoms with Gasteiger partial charge in [0.25, 0.3) is 0 Å². The van der Waals surface area contributed by atoms with Crippen molar-refractivity contribution in [2.75, 3.05) is 13.7 Å². The van der Waals surface area contributed by atoms with Gasteiger partial charge in [0.15, 0.2) is 0 Å². The lowest BCUT2D eigenvalue weighted by molar-refractivity contribution is 0.415. The molecular weight excluding hydrogens is 348 g/mol. The molecule has 1 heterocycles. The molecule has 1 aromatic heterocycles. The molecule has 0 saturated heterocycles. The van der Waals surface area contributed by atoms with Crippen LogP contribution in [-0.4, -0.2) is 27.1 Å². The summed E-state index contributed by atoms with van der Waals surface area (Å²) in [4.78, 5) is 3.54. The van der Waals surface area contributed by atoms with Gasteiger partial charge in [0.05, 0.1) is 12.0 Å². The molecule has 26 heavy (non-hydrogen) atoms. The average molecular weight is 372 g/mol. The third-order valence-corrected chi connectivity index (χ3v) is 6.02. The maximum Gasteiger partial charge on any atom is 0.240 e. The Morgan fingerprint density at radius 3 is 2.62 bits per heavy atom. The summed E-state index contributed by atoms with van der Waals surface area (Å²) in [7, 11) is -1.92. The number of aromatic amines is 1. The fraction of sp³-hybridized carbons (Fsp3) is 0.300. The summed E-state index contributed by atoms with van der Waals surface area (Å²) in [5.41, 5.74) is 2.55. The molecule has 0 atom stereocenters. The van der Waals surface area contributed by atoms with E-state index in [1.807, 2.05) is 51.2 Å². The molecule has 6 heteroatoms. The van der Waals surface area contributed by atoms with Gasteiger partial charge in [-0.1, -0.05) is 26.0 Å². The minimum atomic E-state index is -3.56. The molecule has 5 nitrogen and oxygen atoms in total. The van der Waals surface area contributed by atoms with Crippen LogP contribution in [0.5, 0.6) is 5.75 Å². The Balaban J connectivity index is 1.87. The standard InChI is InChI=1S/C20H24N2O3S/c1-14-6-5-7-16(10-14)26(23,24)22-13-20(2,3)18-12-21-19-9-8-15(25-4)11-17(18)19/h5-12,21-22H,13H2,1-4H3. The van der Waals surface area contributed by atoms with Gasteiger partial charge in [-0.05, 0) is 48.4 Å². The molecule has 0 unspecified atom stereocenters. The van der Waals surface area contributed by atoms with Crippen LogP contribution in [-0.2, 0) is 15.4 Å². The van der Waals surface area contributed by atoms with E-state index in [0.717, 1.165) is 27.8 Å². The molecule has 3 aromatic rings. The fourth-order valence-electron chi connectivity index (χ4n) is 3.02. The number of sulfonamides is 1. The number of hydrogen-bond donors (Lipinski definition) is 2. The van der Waals surface area contributed by atoms with E-state index in [0.29, 0.717) is 0 Å². The molecule has 0 bridgehead atoms. The molecule has 138 valence electrons. The van der Waals surface area contributed by atoms with Gasteiger partial charge < -0.3 is 9.72 Å². The molecule has 0 aliphatic heterocycles. The Morgan fingerprint density at radius 1 is 1.15 bits per heavy atom. The molecular formula is C20H24N2O3S. The Bertz CT molecular complexity index is 1040. The summed E-state index contributed by atoms with van der Waals surface area (Å²) in [6, 6.07) is 12.7. The Labute approximate surface area is 154 Å². The van der Waals surface area contributed by atoms with Crippen LogP contribution in [0.25, 0.3) is 10.9 Å². The van der Waals surface area contributed by atoms with Crippen molar-refractivity contribution >= 4 is 20.9 Å². The highest BCUT2D eigenvalue weighted by Gasteiger charge is 2.27. The monoisotopic (exact) mass is 372 g/mol. The maximum atomic E-state index is 12.6. The first kappa shape index (κ1) is 18.5. The molecule has 0 saturated carbocycles. The lowest BCUT2D eigenvalue weighted by atomic mass is 9.84. The summed E-state index contributed by atoms with van der Waals surface area (Å²) in [6.07, 6.45) is 1.94. The molecule has 0 spiro atoms. The first-order valence-corrected chi connectivity index (χ1v) is 9.93. The zero-order valence-electron chi connectivity index (χ0n) is 15.5. The molecule has 0 amide bonds. The molecule has 0 fully saturated rings. The van der Waals surface area contributed by atoms with Crippen molar-refractivity contribution in [3.8, 4) is 5.75 Å². The van der Waals surface area contributed by atoms with Crippen LogP contribution in [0.2, 0.25) is 0 Å². The summed E-state index contributed by atoms with van der Waals surface area (Å²) in [6.45, 7) is 6.21. The van der Waals surface area contributed by atoms with E-state index in [1.165, 1.54) is 0 Å². The average Bonchev–Trinajstić information content (AvgIpc) is 3.04. The second kappa shape index (κ2) is 6.78. The summed E-state index contributed by atoms with van der Waals surface area (Å²) < 4.78 is 33.3. The summed E-state index contributed by atoms with van der Waals surface area (Å²) >= 11 is 0. The number of H-pyrrole nitrogens is 1. The second-order valence-electron chi connectivity index (χ2n) is 7.14. The van der Waals surface area contributed by atoms with Crippen molar-refractivity contribution in [2.45, 2.75) is 31.1 Å². The minimum absolute atomic E-state index is 0.285. The summed E-state index contributed by atoms with van der Waals surface area (Å²) in [5, 5.41) is 1.03. The number of aryl methyl sites for hydroxylation is 1. The van der Waals surface area contributed by atoms with Crippen LogP contribution < -0.4 is 9.46 Å². The maximum absolute atomic E-state index is 12.6. The van der Waals surface area contributed by atoms with Crippen molar-refractivity contribution < 1.29 is 13.2 Å². The SMILES string of the molecule is COc1ccc2[nH]cc(C(C)(C)CNS(=O)(=O)c3cccc(C)c3)c2c1. The number of rotatable bonds is 6. The number of hydrogen-bond acceptors (Lipinski definition) is 3. The zero-order valence-corrected chi connectivity index (χ0v) is 16.3. The quantitative estimate of drug-likeness (QED) is 0.692. The summed E-state index contributed by atoms with van der Waals surface area (Å²) in [5.74, 6) is 0.773. The van der Waals surface area contributed by atoms with E-state index in [2.05, 4.69) is 9.71 Å². The first-order chi connectivity index (χ1) is 12.2. The van der Waals surface area contributed by atoms with E-state index in [-0.39, 0.29) is 11.4 Å². The highest BCUT2D eigenvalue weighted by atomic mass is 32.2. The predicted octanol–water partition coefficient (Wildman–Crippen LogP) is 3.74. The molecule has 2 N–H and O–H groups in total. The second-order valence-corrected chi connectivity index (χ2v) is 8.91. The number of nitrogens with one attached hydrogen (secondary N) is 2. The van der Waals surface area contributed by atoms with Gasteiger partial charge in [-0.25, -0.2) is 13.1 Å². The van der Waals surface area contributed by atoms with Gasteiger partial charge >= 0.3 is 0 Å². The predicted molar refractivity (Wildman–Crippen MR) is 104 cm³/mol. The Kier molecular flexibility index (Phi) is 4.82. The molecule has 0 aliphatic carbocycles. The topological polar surface area (TPSA) is 71.2 Å². The Morgan fingerprint density at radius 2 is 1.92 bits per heavy atom.